The van der Waals surface area contributed by atoms with Crippen molar-refractivity contribution >= 4 is 51.8 Å². The summed E-state index contributed by atoms with van der Waals surface area (Å²) in [6, 6.07) is 3.74. The minimum atomic E-state index is -0.908. The number of nitrogens with zero attached hydrogens (tertiary/aromatic N) is 5. The fourth-order valence-corrected chi connectivity index (χ4v) is 8.52. The first kappa shape index (κ1) is 45.9. The number of aromatic hydroxyl groups is 1. The van der Waals surface area contributed by atoms with Crippen LogP contribution in [0.25, 0.3) is 28.0 Å². The van der Waals surface area contributed by atoms with E-state index in [4.69, 9.17) is 29.0 Å². The van der Waals surface area contributed by atoms with Gasteiger partial charge in [-0.2, -0.15) is 5.10 Å². The van der Waals surface area contributed by atoms with Gasteiger partial charge < -0.3 is 44.5 Å². The van der Waals surface area contributed by atoms with Crippen LogP contribution in [0.1, 0.15) is 53.5 Å². The summed E-state index contributed by atoms with van der Waals surface area (Å²) in [7, 11) is 5.12. The fourth-order valence-electron chi connectivity index (χ4n) is 8.52. The van der Waals surface area contributed by atoms with Crippen molar-refractivity contribution in [2.24, 2.45) is 28.8 Å². The van der Waals surface area contributed by atoms with E-state index in [-0.39, 0.29) is 29.3 Å². The third-order valence-electron chi connectivity index (χ3n) is 12.1. The Kier molecular flexibility index (Phi) is 14.8. The molecule has 0 radical (unpaired) electrons. The number of piperazine rings is 1. The molecule has 1 aromatic carbocycles. The minimum absolute atomic E-state index is 0.0147. The topological polar surface area (TPSA) is 180 Å². The molecule has 1 fully saturated rings. The van der Waals surface area contributed by atoms with Crippen LogP contribution in [0.2, 0.25) is 0 Å². The number of fused-ring (bicyclic) bond motifs is 1. The van der Waals surface area contributed by atoms with Gasteiger partial charge in [-0.3, -0.25) is 19.0 Å². The van der Waals surface area contributed by atoms with Crippen molar-refractivity contribution in [2.45, 2.75) is 72.4 Å². The van der Waals surface area contributed by atoms with Gasteiger partial charge in [-0.05, 0) is 61.9 Å². The number of phenols is 1. The number of benzene rings is 1. The van der Waals surface area contributed by atoms with Gasteiger partial charge in [0.25, 0.3) is 5.91 Å². The van der Waals surface area contributed by atoms with Gasteiger partial charge in [0.15, 0.2) is 11.5 Å². The Morgan fingerprint density at radius 2 is 1.81 bits per heavy atom. The lowest BCUT2D eigenvalue weighted by Crippen LogP contribution is -2.44. The van der Waals surface area contributed by atoms with Crippen molar-refractivity contribution < 1.29 is 43.9 Å². The second kappa shape index (κ2) is 20.0. The van der Waals surface area contributed by atoms with E-state index in [1.165, 1.54) is 20.3 Å². The number of ether oxygens (including phenoxy) is 4. The predicted octanol–water partition coefficient (Wildman–Crippen LogP) is 3.85. The Morgan fingerprint density at radius 1 is 1.06 bits per heavy atom. The van der Waals surface area contributed by atoms with Gasteiger partial charge in [0.05, 0.1) is 29.9 Å². The van der Waals surface area contributed by atoms with Crippen molar-refractivity contribution in [3.8, 4) is 17.6 Å². The first-order chi connectivity index (χ1) is 29.6. The zero-order valence-corrected chi connectivity index (χ0v) is 37.1. The van der Waals surface area contributed by atoms with Crippen LogP contribution >= 0.6 is 0 Å². The van der Waals surface area contributed by atoms with Crippen molar-refractivity contribution in [1.29, 1.82) is 0 Å². The number of imidazole rings is 1. The van der Waals surface area contributed by atoms with Crippen molar-refractivity contribution in [3.05, 3.63) is 70.5 Å². The number of nitrogens with one attached hydrogen (secondary N) is 1. The normalized spacial score (nSPS) is 29.0. The van der Waals surface area contributed by atoms with Crippen molar-refractivity contribution in [3.63, 3.8) is 0 Å². The number of allylic oxidation sites excluding steroid dienone is 3. The molecular weight excluding hydrogens is 793 g/mol. The quantitative estimate of drug-likeness (QED) is 0.126. The van der Waals surface area contributed by atoms with Crippen LogP contribution in [-0.2, 0) is 28.5 Å². The molecule has 2 bridgehead atoms. The minimum Gasteiger partial charge on any atom is -0.505 e. The molecule has 15 heteroatoms. The maximum atomic E-state index is 14.0. The Balaban J connectivity index is 1.55. The van der Waals surface area contributed by atoms with Crippen LogP contribution in [0.4, 0.5) is 5.69 Å². The number of amides is 1. The SMILES string of the molecule is COC1C#CC(O)=c2c(O)c3c4c(nc5cc(/C=N/N6CCN(C)CC6)ccn54)c2=C1CO/C=C/[C@H](OC)[C@@H](C)[C@@H](OC(C)=O)[C@H](C)[C@H](O)[C@H](C)C[C@@H](C)/C=C/C=C(/C)C(=O)N3. The molecule has 3 aromatic rings. The Labute approximate surface area is 362 Å². The van der Waals surface area contributed by atoms with Gasteiger partial charge in [-0.25, -0.2) is 4.98 Å². The number of hydrogen-bond donors (Lipinski definition) is 4. The zero-order chi connectivity index (χ0) is 44.8. The number of carbonyl (C=O) groups is 2. The number of aliphatic hydroxyl groups excluding tert-OH is 2. The van der Waals surface area contributed by atoms with Crippen molar-refractivity contribution in [2.75, 3.05) is 59.4 Å². The number of hydrazone groups is 1. The van der Waals surface area contributed by atoms with E-state index in [9.17, 15) is 24.9 Å². The highest BCUT2D eigenvalue weighted by molar-refractivity contribution is 6.10. The van der Waals surface area contributed by atoms with Crippen LogP contribution in [-0.4, -0.2) is 131 Å². The number of pyridine rings is 1. The van der Waals surface area contributed by atoms with Gasteiger partial charge in [-0.15, -0.1) is 0 Å². The highest BCUT2D eigenvalue weighted by atomic mass is 16.5. The summed E-state index contributed by atoms with van der Waals surface area (Å²) in [4.78, 5) is 33.7. The first-order valence-electron chi connectivity index (χ1n) is 21.1. The molecule has 1 aliphatic carbocycles. The Hall–Kier alpha value is -5.66. The molecular formula is C47H60N6O9. The number of phenolic OH excluding ortho intramolecular Hbond substituents is 1. The standard InChI is InChI=1S/C47H60N6O9/c1-27-11-10-12-28(2)47(58)50-42-43-41(49-38-24-33(15-17-53(38)43)25-48-52-20-18-51(7)19-21-52)39-34(37(60-9)14-13-35(55)40(39)45(42)57)26-61-22-16-36(59-8)30(4)46(62-32(6)54)31(5)44(56)29(3)23-27/h10-12,15-17,22,24-25,27,29-31,36-37,44,46,55-57H,18-21,23,26H2,1-9H3,(H,50,58)/b11-10+,22-16+,28-12-,48-25+/t27-,29+,30+,31+,36-,37?,44+,46+/m0/s1. The summed E-state index contributed by atoms with van der Waals surface area (Å²) in [6.45, 7) is 14.1. The maximum absolute atomic E-state index is 14.0. The van der Waals surface area contributed by atoms with E-state index in [1.807, 2.05) is 50.9 Å². The number of carbonyl (C=O) groups excluding carboxylic acids is 2. The molecule has 1 saturated heterocycles. The van der Waals surface area contributed by atoms with Crippen LogP contribution in [0, 0.1) is 35.5 Å². The number of methoxy groups -OCH3 is 2. The maximum Gasteiger partial charge on any atom is 0.302 e. The number of hydrogen-bond acceptors (Lipinski definition) is 13. The van der Waals surface area contributed by atoms with Gasteiger partial charge in [0, 0.05) is 81.7 Å². The number of aliphatic hydroxyl groups is 2. The average molecular weight is 853 g/mol. The average Bonchev–Trinajstić information content (AvgIpc) is 3.55. The van der Waals surface area contributed by atoms with Gasteiger partial charge >= 0.3 is 5.97 Å². The summed E-state index contributed by atoms with van der Waals surface area (Å²) < 4.78 is 25.6. The van der Waals surface area contributed by atoms with E-state index < -0.39 is 59.6 Å². The highest BCUT2D eigenvalue weighted by Gasteiger charge is 2.37. The molecule has 4 N–H and O–H groups in total. The molecule has 1 unspecified atom stereocenters. The second-order valence-corrected chi connectivity index (χ2v) is 16.7. The lowest BCUT2D eigenvalue weighted by molar-refractivity contribution is -0.159. The summed E-state index contributed by atoms with van der Waals surface area (Å²) >= 11 is 0. The molecule has 332 valence electrons. The molecule has 6 rings (SSSR count). The lowest BCUT2D eigenvalue weighted by atomic mass is 9.79. The molecule has 0 spiro atoms. The van der Waals surface area contributed by atoms with Gasteiger partial charge in [0.2, 0.25) is 0 Å². The Morgan fingerprint density at radius 3 is 2.50 bits per heavy atom. The molecule has 1 amide bonds. The third-order valence-corrected chi connectivity index (χ3v) is 12.1. The highest BCUT2D eigenvalue weighted by Crippen LogP contribution is 2.32. The van der Waals surface area contributed by atoms with E-state index in [1.54, 1.807) is 49.1 Å². The number of rotatable bonds is 5. The van der Waals surface area contributed by atoms with E-state index in [0.29, 0.717) is 39.5 Å². The molecule has 62 heavy (non-hydrogen) atoms. The molecule has 2 aromatic heterocycles. The molecule has 8 atom stereocenters. The van der Waals surface area contributed by atoms with Gasteiger partial charge in [-0.1, -0.05) is 51.8 Å². The number of anilines is 1. The Bertz CT molecular complexity index is 2470. The largest absolute Gasteiger partial charge is 0.505 e. The lowest BCUT2D eigenvalue weighted by Gasteiger charge is -2.36. The fraction of sp³-hybridized carbons (Fsp3) is 0.489. The summed E-state index contributed by atoms with van der Waals surface area (Å²) in [5, 5.41) is 45.2. The monoisotopic (exact) mass is 852 g/mol. The van der Waals surface area contributed by atoms with Crippen LogP contribution in [0.3, 0.4) is 0 Å². The zero-order valence-electron chi connectivity index (χ0n) is 37.1. The van der Waals surface area contributed by atoms with Crippen molar-refractivity contribution in [1.82, 2.24) is 19.3 Å². The van der Waals surface area contributed by atoms with E-state index in [0.717, 1.165) is 31.7 Å². The number of likely N-dealkylation sites (N-methyl/N-ethyl adjacent to an activating group) is 1. The van der Waals surface area contributed by atoms with E-state index in [2.05, 4.69) is 29.1 Å². The smallest absolute Gasteiger partial charge is 0.302 e. The molecule has 15 nitrogen and oxygen atoms in total. The predicted molar refractivity (Wildman–Crippen MR) is 239 cm³/mol. The summed E-state index contributed by atoms with van der Waals surface area (Å²) in [5.74, 6) is 2.84. The first-order valence-corrected chi connectivity index (χ1v) is 21.1. The molecule has 4 heterocycles. The van der Waals surface area contributed by atoms with E-state index >= 15 is 0 Å². The van der Waals surface area contributed by atoms with Crippen LogP contribution < -0.4 is 15.8 Å². The number of esters is 1. The summed E-state index contributed by atoms with van der Waals surface area (Å²) in [6.07, 6.45) is 9.80. The van der Waals surface area contributed by atoms with Gasteiger partial charge in [0.1, 0.15) is 41.2 Å². The molecule has 0 saturated carbocycles. The molecule has 2 aliphatic heterocycles. The second-order valence-electron chi connectivity index (χ2n) is 16.7. The summed E-state index contributed by atoms with van der Waals surface area (Å²) in [5.41, 5.74) is 2.80. The van der Waals surface area contributed by atoms with Crippen LogP contribution in [0.5, 0.6) is 5.75 Å². The number of aromatic nitrogens is 2. The van der Waals surface area contributed by atoms with Crippen LogP contribution in [0.15, 0.2) is 59.6 Å². The molecule has 3 aliphatic rings. The third kappa shape index (κ3) is 10.0.